The van der Waals surface area contributed by atoms with Gasteiger partial charge in [0.05, 0.1) is 18.8 Å². The van der Waals surface area contributed by atoms with Gasteiger partial charge in [-0.3, -0.25) is 9.69 Å². The number of carbonyl (C=O) groups excluding carboxylic acids is 1. The van der Waals surface area contributed by atoms with E-state index in [2.05, 4.69) is 17.6 Å². The highest BCUT2D eigenvalue weighted by molar-refractivity contribution is 5.78. The molecule has 18 heavy (non-hydrogen) atoms. The zero-order valence-corrected chi connectivity index (χ0v) is 11.4. The summed E-state index contributed by atoms with van der Waals surface area (Å²) in [6, 6.07) is 3.85. The predicted octanol–water partition coefficient (Wildman–Crippen LogP) is 0.998. The Kier molecular flexibility index (Phi) is 6.46. The Bertz CT molecular complexity index is 336. The van der Waals surface area contributed by atoms with Crippen molar-refractivity contribution >= 4 is 5.91 Å². The van der Waals surface area contributed by atoms with Gasteiger partial charge in [-0.15, -0.1) is 0 Å². The molecular formula is C13H23N3O2. The molecule has 0 bridgehead atoms. The summed E-state index contributed by atoms with van der Waals surface area (Å²) in [6.45, 7) is 3.85. The average molecular weight is 253 g/mol. The highest BCUT2D eigenvalue weighted by Gasteiger charge is 2.17. The smallest absolute Gasteiger partial charge is 0.234 e. The van der Waals surface area contributed by atoms with Gasteiger partial charge in [-0.1, -0.05) is 6.92 Å². The molecule has 2 N–H and O–H groups in total. The summed E-state index contributed by atoms with van der Waals surface area (Å²) in [7, 11) is 3.93. The van der Waals surface area contributed by atoms with Crippen LogP contribution in [-0.2, 0) is 4.79 Å². The van der Waals surface area contributed by atoms with Gasteiger partial charge in [-0.25, -0.2) is 0 Å². The van der Waals surface area contributed by atoms with E-state index in [1.165, 1.54) is 0 Å². The number of amides is 1. The molecule has 0 aliphatic heterocycles. The molecule has 0 spiro atoms. The van der Waals surface area contributed by atoms with Crippen molar-refractivity contribution in [3.63, 3.8) is 0 Å². The van der Waals surface area contributed by atoms with Gasteiger partial charge in [0.15, 0.2) is 0 Å². The topological polar surface area (TPSA) is 57.5 Å². The largest absolute Gasteiger partial charge is 0.468 e. The number of hydrogen-bond donors (Lipinski definition) is 2. The van der Waals surface area contributed by atoms with Gasteiger partial charge in [0.2, 0.25) is 5.91 Å². The molecule has 1 heterocycles. The van der Waals surface area contributed by atoms with E-state index in [4.69, 9.17) is 4.42 Å². The molecule has 1 aromatic heterocycles. The first-order chi connectivity index (χ1) is 8.65. The minimum atomic E-state index is 0.0156. The van der Waals surface area contributed by atoms with E-state index < -0.39 is 0 Å². The molecule has 0 saturated carbocycles. The minimum absolute atomic E-state index is 0.0156. The first-order valence-electron chi connectivity index (χ1n) is 6.32. The van der Waals surface area contributed by atoms with Crippen LogP contribution in [0.3, 0.4) is 0 Å². The molecule has 0 aromatic carbocycles. The second-order valence-corrected chi connectivity index (χ2v) is 4.48. The van der Waals surface area contributed by atoms with Crippen molar-refractivity contribution in [3.8, 4) is 0 Å². The molecule has 0 aliphatic rings. The second-order valence-electron chi connectivity index (χ2n) is 4.48. The molecule has 0 fully saturated rings. The summed E-state index contributed by atoms with van der Waals surface area (Å²) in [5.74, 6) is 0.878. The van der Waals surface area contributed by atoms with Gasteiger partial charge in [0.25, 0.3) is 0 Å². The Morgan fingerprint density at radius 3 is 2.83 bits per heavy atom. The maximum absolute atomic E-state index is 11.6. The van der Waals surface area contributed by atoms with Crippen molar-refractivity contribution in [2.75, 3.05) is 33.7 Å². The molecule has 5 nitrogen and oxygen atoms in total. The van der Waals surface area contributed by atoms with Crippen LogP contribution in [0.2, 0.25) is 0 Å². The normalized spacial score (nSPS) is 12.7. The Balaban J connectivity index is 2.37. The highest BCUT2D eigenvalue weighted by Crippen LogP contribution is 2.17. The lowest BCUT2D eigenvalue weighted by molar-refractivity contribution is -0.120. The lowest BCUT2D eigenvalue weighted by atomic mass is 10.2. The van der Waals surface area contributed by atoms with Gasteiger partial charge >= 0.3 is 0 Å². The van der Waals surface area contributed by atoms with Crippen LogP contribution in [0.5, 0.6) is 0 Å². The number of rotatable bonds is 8. The fraction of sp³-hybridized carbons (Fsp3) is 0.615. The fourth-order valence-corrected chi connectivity index (χ4v) is 1.67. The lowest BCUT2D eigenvalue weighted by Crippen LogP contribution is -2.39. The van der Waals surface area contributed by atoms with E-state index in [0.29, 0.717) is 13.1 Å². The van der Waals surface area contributed by atoms with Gasteiger partial charge < -0.3 is 15.1 Å². The van der Waals surface area contributed by atoms with Crippen LogP contribution >= 0.6 is 0 Å². The van der Waals surface area contributed by atoms with Crippen LogP contribution in [0, 0.1) is 0 Å². The Hall–Kier alpha value is -1.33. The Morgan fingerprint density at radius 2 is 2.28 bits per heavy atom. The third-order valence-corrected chi connectivity index (χ3v) is 2.70. The van der Waals surface area contributed by atoms with Crippen LogP contribution in [0.25, 0.3) is 0 Å². The van der Waals surface area contributed by atoms with Crippen LogP contribution in [-0.4, -0.2) is 44.5 Å². The highest BCUT2D eigenvalue weighted by atomic mass is 16.3. The quantitative estimate of drug-likeness (QED) is 0.679. The number of likely N-dealkylation sites (N-methyl/N-ethyl adjacent to an activating group) is 1. The van der Waals surface area contributed by atoms with Crippen molar-refractivity contribution in [2.24, 2.45) is 0 Å². The molecule has 1 aromatic rings. The lowest BCUT2D eigenvalue weighted by Gasteiger charge is -2.22. The zero-order valence-electron chi connectivity index (χ0n) is 11.4. The monoisotopic (exact) mass is 253 g/mol. The van der Waals surface area contributed by atoms with E-state index in [9.17, 15) is 4.79 Å². The molecule has 1 unspecified atom stereocenters. The molecule has 1 atom stereocenters. The summed E-state index contributed by atoms with van der Waals surface area (Å²) >= 11 is 0. The molecule has 1 rings (SSSR count). The first kappa shape index (κ1) is 14.7. The third kappa shape index (κ3) is 4.89. The minimum Gasteiger partial charge on any atom is -0.468 e. The summed E-state index contributed by atoms with van der Waals surface area (Å²) < 4.78 is 5.38. The van der Waals surface area contributed by atoms with Crippen molar-refractivity contribution in [1.29, 1.82) is 0 Å². The summed E-state index contributed by atoms with van der Waals surface area (Å²) in [5, 5.41) is 5.98. The van der Waals surface area contributed by atoms with E-state index >= 15 is 0 Å². The van der Waals surface area contributed by atoms with Crippen LogP contribution in [0.1, 0.15) is 25.1 Å². The molecule has 0 radical (unpaired) electrons. The van der Waals surface area contributed by atoms with E-state index in [1.54, 1.807) is 6.26 Å². The number of nitrogens with one attached hydrogen (secondary N) is 2. The SMILES string of the molecule is CCCNCC(=O)NCC(c1ccco1)N(C)C. The Morgan fingerprint density at radius 1 is 1.50 bits per heavy atom. The standard InChI is InChI=1S/C13H23N3O2/c1-4-7-14-10-13(17)15-9-11(16(2)3)12-6-5-8-18-12/h5-6,8,11,14H,4,7,9-10H2,1-3H3,(H,15,17). The molecule has 0 saturated heterocycles. The van der Waals surface area contributed by atoms with E-state index in [-0.39, 0.29) is 11.9 Å². The van der Waals surface area contributed by atoms with Gasteiger partial charge in [0, 0.05) is 6.54 Å². The van der Waals surface area contributed by atoms with Crippen molar-refractivity contribution in [1.82, 2.24) is 15.5 Å². The fourth-order valence-electron chi connectivity index (χ4n) is 1.67. The molecule has 102 valence electrons. The maximum atomic E-state index is 11.6. The van der Waals surface area contributed by atoms with Gasteiger partial charge in [-0.05, 0) is 39.2 Å². The zero-order chi connectivity index (χ0) is 13.4. The number of furan rings is 1. The second kappa shape index (κ2) is 7.89. The van der Waals surface area contributed by atoms with Crippen molar-refractivity contribution < 1.29 is 9.21 Å². The Labute approximate surface area is 109 Å². The van der Waals surface area contributed by atoms with Crippen molar-refractivity contribution in [3.05, 3.63) is 24.2 Å². The maximum Gasteiger partial charge on any atom is 0.234 e. The van der Waals surface area contributed by atoms with E-state index in [1.807, 2.05) is 31.1 Å². The summed E-state index contributed by atoms with van der Waals surface area (Å²) in [6.07, 6.45) is 2.68. The molecular weight excluding hydrogens is 230 g/mol. The average Bonchev–Trinajstić information content (AvgIpc) is 2.83. The van der Waals surface area contributed by atoms with E-state index in [0.717, 1.165) is 18.7 Å². The van der Waals surface area contributed by atoms with Crippen molar-refractivity contribution in [2.45, 2.75) is 19.4 Å². The van der Waals surface area contributed by atoms with Crippen LogP contribution in [0.4, 0.5) is 0 Å². The number of nitrogens with zero attached hydrogens (tertiary/aromatic N) is 1. The van der Waals surface area contributed by atoms with Gasteiger partial charge in [-0.2, -0.15) is 0 Å². The predicted molar refractivity (Wildman–Crippen MR) is 71.3 cm³/mol. The van der Waals surface area contributed by atoms with Crippen LogP contribution < -0.4 is 10.6 Å². The summed E-state index contributed by atoms with van der Waals surface area (Å²) in [5.41, 5.74) is 0. The number of carbonyl (C=O) groups is 1. The third-order valence-electron chi connectivity index (χ3n) is 2.70. The molecule has 1 amide bonds. The number of hydrogen-bond acceptors (Lipinski definition) is 4. The van der Waals surface area contributed by atoms with Crippen LogP contribution in [0.15, 0.2) is 22.8 Å². The summed E-state index contributed by atoms with van der Waals surface area (Å²) in [4.78, 5) is 13.6. The first-order valence-corrected chi connectivity index (χ1v) is 6.32. The van der Waals surface area contributed by atoms with Gasteiger partial charge in [0.1, 0.15) is 5.76 Å². The molecule has 5 heteroatoms. The molecule has 0 aliphatic carbocycles.